The number of aromatic nitrogens is 3. The lowest BCUT2D eigenvalue weighted by molar-refractivity contribution is -0.123. The van der Waals surface area contributed by atoms with Gasteiger partial charge in [0.2, 0.25) is 5.91 Å². The number of nitrogens with one attached hydrogen (secondary N) is 1. The van der Waals surface area contributed by atoms with Crippen molar-refractivity contribution in [3.05, 3.63) is 94.8 Å². The van der Waals surface area contributed by atoms with E-state index in [2.05, 4.69) is 21.6 Å². The second-order valence-electron chi connectivity index (χ2n) is 9.16. The number of para-hydroxylation sites is 1. The van der Waals surface area contributed by atoms with Crippen LogP contribution in [-0.4, -0.2) is 45.5 Å². The highest BCUT2D eigenvalue weighted by Gasteiger charge is 2.24. The lowest BCUT2D eigenvalue weighted by atomic mass is 10.0. The molecule has 0 bridgehead atoms. The fourth-order valence-electron chi connectivity index (χ4n) is 4.44. The van der Waals surface area contributed by atoms with Gasteiger partial charge in [-0.3, -0.25) is 14.2 Å². The normalized spacial score (nSPS) is 12.6. The molecule has 0 atom stereocenters. The van der Waals surface area contributed by atoms with Gasteiger partial charge in [0, 0.05) is 22.9 Å². The highest BCUT2D eigenvalue weighted by molar-refractivity contribution is 7.99. The van der Waals surface area contributed by atoms with E-state index in [4.69, 9.17) is 16.3 Å². The van der Waals surface area contributed by atoms with Crippen molar-refractivity contribution in [2.24, 2.45) is 0 Å². The first-order valence-electron chi connectivity index (χ1n) is 12.7. The van der Waals surface area contributed by atoms with Crippen LogP contribution < -0.4 is 15.0 Å². The molecule has 5 rings (SSSR count). The van der Waals surface area contributed by atoms with E-state index in [-0.39, 0.29) is 30.7 Å². The Kier molecular flexibility index (Phi) is 8.48. The van der Waals surface area contributed by atoms with Crippen LogP contribution in [0.4, 0.5) is 5.69 Å². The predicted octanol–water partition coefficient (Wildman–Crippen LogP) is 5.00. The smallest absolute Gasteiger partial charge is 0.258 e. The molecule has 0 unspecified atom stereocenters. The lowest BCUT2D eigenvalue weighted by Crippen LogP contribution is -2.36. The molecule has 1 aliphatic rings. The number of carbonyl (C=O) groups excluding carboxylic acids is 2. The molecule has 2 heterocycles. The van der Waals surface area contributed by atoms with Crippen molar-refractivity contribution in [1.29, 1.82) is 0 Å². The van der Waals surface area contributed by atoms with E-state index in [0.717, 1.165) is 29.8 Å². The van der Waals surface area contributed by atoms with Gasteiger partial charge in [0.1, 0.15) is 5.75 Å². The number of fused-ring (bicyclic) bond motifs is 1. The standard InChI is InChI=1S/C29H28ClN5O3S/c1-20-6-4-9-23(16-20)35-26(17-31-27(36)18-38-24-13-11-22(30)12-14-24)32-33-29(35)39-19-28(37)34-15-5-8-21-7-2-3-10-25(21)34/h2-4,6-7,9-14,16H,5,8,15,17-19H2,1H3,(H,31,36). The molecule has 0 radical (unpaired) electrons. The van der Waals surface area contributed by atoms with Crippen molar-refractivity contribution >= 4 is 40.9 Å². The summed E-state index contributed by atoms with van der Waals surface area (Å²) in [4.78, 5) is 27.6. The number of nitrogens with zero attached hydrogens (tertiary/aromatic N) is 4. The highest BCUT2D eigenvalue weighted by Crippen LogP contribution is 2.29. The molecule has 0 spiro atoms. The van der Waals surface area contributed by atoms with Crippen LogP contribution in [0.25, 0.3) is 5.69 Å². The first-order valence-corrected chi connectivity index (χ1v) is 14.0. The zero-order valence-corrected chi connectivity index (χ0v) is 23.0. The Balaban J connectivity index is 1.28. The molecule has 0 aliphatic carbocycles. The van der Waals surface area contributed by atoms with Crippen LogP contribution >= 0.6 is 23.4 Å². The van der Waals surface area contributed by atoms with Crippen LogP contribution in [0.5, 0.6) is 5.75 Å². The number of aryl methyl sites for hydroxylation is 2. The summed E-state index contributed by atoms with van der Waals surface area (Å²) in [5.41, 5.74) is 4.12. The van der Waals surface area contributed by atoms with E-state index in [1.165, 1.54) is 17.3 Å². The summed E-state index contributed by atoms with van der Waals surface area (Å²) in [5, 5.41) is 12.7. The Morgan fingerprint density at radius 3 is 2.69 bits per heavy atom. The Labute approximate surface area is 236 Å². The van der Waals surface area contributed by atoms with Crippen LogP contribution in [0.2, 0.25) is 5.02 Å². The number of anilines is 1. The quantitative estimate of drug-likeness (QED) is 0.289. The molecule has 200 valence electrons. The number of amides is 2. The molecule has 4 aromatic rings. The zero-order chi connectivity index (χ0) is 27.2. The summed E-state index contributed by atoms with van der Waals surface area (Å²) >= 11 is 7.23. The van der Waals surface area contributed by atoms with Crippen LogP contribution in [-0.2, 0) is 22.6 Å². The van der Waals surface area contributed by atoms with Gasteiger partial charge in [-0.15, -0.1) is 10.2 Å². The fraction of sp³-hybridized carbons (Fsp3) is 0.241. The molecule has 1 aliphatic heterocycles. The number of hydrogen-bond donors (Lipinski definition) is 1. The van der Waals surface area contributed by atoms with Gasteiger partial charge in [-0.05, 0) is 73.4 Å². The summed E-state index contributed by atoms with van der Waals surface area (Å²) in [7, 11) is 0. The van der Waals surface area contributed by atoms with Crippen LogP contribution in [0.3, 0.4) is 0 Å². The largest absolute Gasteiger partial charge is 0.484 e. The van der Waals surface area contributed by atoms with Gasteiger partial charge in [0.25, 0.3) is 5.91 Å². The number of hydrogen-bond acceptors (Lipinski definition) is 6. The van der Waals surface area contributed by atoms with E-state index < -0.39 is 0 Å². The van der Waals surface area contributed by atoms with Gasteiger partial charge in [-0.2, -0.15) is 0 Å². The van der Waals surface area contributed by atoms with Crippen LogP contribution in [0.1, 0.15) is 23.4 Å². The maximum Gasteiger partial charge on any atom is 0.258 e. The Morgan fingerprint density at radius 1 is 1.05 bits per heavy atom. The summed E-state index contributed by atoms with van der Waals surface area (Å²) in [6.45, 7) is 2.72. The van der Waals surface area contributed by atoms with Crippen molar-refractivity contribution in [3.63, 3.8) is 0 Å². The average molecular weight is 562 g/mol. The van der Waals surface area contributed by atoms with E-state index in [1.807, 2.05) is 58.9 Å². The average Bonchev–Trinajstić information content (AvgIpc) is 3.37. The minimum Gasteiger partial charge on any atom is -0.484 e. The monoisotopic (exact) mass is 561 g/mol. The number of rotatable bonds is 9. The second kappa shape index (κ2) is 12.4. The first kappa shape index (κ1) is 26.8. The molecule has 10 heteroatoms. The summed E-state index contributed by atoms with van der Waals surface area (Å²) in [5.74, 6) is 1.06. The molecule has 0 fully saturated rings. The van der Waals surface area contributed by atoms with Crippen molar-refractivity contribution < 1.29 is 14.3 Å². The fourth-order valence-corrected chi connectivity index (χ4v) is 5.41. The van der Waals surface area contributed by atoms with Gasteiger partial charge in [-0.1, -0.05) is 53.7 Å². The lowest BCUT2D eigenvalue weighted by Gasteiger charge is -2.29. The van der Waals surface area contributed by atoms with Crippen molar-refractivity contribution in [1.82, 2.24) is 20.1 Å². The maximum absolute atomic E-state index is 13.2. The topological polar surface area (TPSA) is 89.4 Å². The van der Waals surface area contributed by atoms with E-state index >= 15 is 0 Å². The minimum absolute atomic E-state index is 0.0279. The third kappa shape index (κ3) is 6.61. The first-order chi connectivity index (χ1) is 19.0. The minimum atomic E-state index is -0.295. The molecular formula is C29H28ClN5O3S. The molecule has 8 nitrogen and oxygen atoms in total. The van der Waals surface area contributed by atoms with E-state index in [9.17, 15) is 9.59 Å². The molecule has 2 amide bonds. The molecule has 0 saturated carbocycles. The SMILES string of the molecule is Cc1cccc(-n2c(CNC(=O)COc3ccc(Cl)cc3)nnc2SCC(=O)N2CCCc3ccccc32)c1. The molecule has 39 heavy (non-hydrogen) atoms. The molecule has 1 N–H and O–H groups in total. The highest BCUT2D eigenvalue weighted by atomic mass is 35.5. The van der Waals surface area contributed by atoms with Crippen molar-refractivity contribution in [2.75, 3.05) is 23.8 Å². The molecular weight excluding hydrogens is 534 g/mol. The summed E-state index contributed by atoms with van der Waals surface area (Å²) < 4.78 is 7.42. The number of thioether (sulfide) groups is 1. The van der Waals surface area contributed by atoms with Gasteiger partial charge in [0.15, 0.2) is 17.6 Å². The van der Waals surface area contributed by atoms with E-state index in [0.29, 0.717) is 28.3 Å². The van der Waals surface area contributed by atoms with Gasteiger partial charge in [0.05, 0.1) is 12.3 Å². The number of benzene rings is 3. The van der Waals surface area contributed by atoms with Gasteiger partial charge < -0.3 is 15.0 Å². The Hall–Kier alpha value is -3.82. The molecule has 0 saturated heterocycles. The maximum atomic E-state index is 13.2. The molecule has 1 aromatic heterocycles. The zero-order valence-electron chi connectivity index (χ0n) is 21.5. The number of carbonyl (C=O) groups is 2. The van der Waals surface area contributed by atoms with E-state index in [1.54, 1.807) is 24.3 Å². The number of ether oxygens (including phenoxy) is 1. The number of halogens is 1. The third-order valence-corrected chi connectivity index (χ3v) is 7.49. The van der Waals surface area contributed by atoms with Crippen molar-refractivity contribution in [2.45, 2.75) is 31.5 Å². The second-order valence-corrected chi connectivity index (χ2v) is 10.5. The summed E-state index contributed by atoms with van der Waals surface area (Å²) in [6, 6.07) is 22.8. The third-order valence-electron chi connectivity index (χ3n) is 6.32. The van der Waals surface area contributed by atoms with Crippen LogP contribution in [0, 0.1) is 6.92 Å². The van der Waals surface area contributed by atoms with Gasteiger partial charge in [-0.25, -0.2) is 0 Å². The Morgan fingerprint density at radius 2 is 1.87 bits per heavy atom. The van der Waals surface area contributed by atoms with Crippen LogP contribution in [0.15, 0.2) is 78.0 Å². The predicted molar refractivity (Wildman–Crippen MR) is 153 cm³/mol. The summed E-state index contributed by atoms with van der Waals surface area (Å²) in [6.07, 6.45) is 1.92. The van der Waals surface area contributed by atoms with Gasteiger partial charge >= 0.3 is 0 Å². The van der Waals surface area contributed by atoms with Crippen molar-refractivity contribution in [3.8, 4) is 11.4 Å². The molecule has 3 aromatic carbocycles. The Bertz CT molecular complexity index is 1470.